The fraction of sp³-hybridized carbons (Fsp3) is 0.435. The lowest BCUT2D eigenvalue weighted by atomic mass is 9.95. The van der Waals surface area contributed by atoms with E-state index in [2.05, 4.69) is 15.9 Å². The van der Waals surface area contributed by atoms with Crippen LogP contribution in [-0.2, 0) is 12.8 Å². The van der Waals surface area contributed by atoms with E-state index in [0.717, 1.165) is 65.0 Å². The Morgan fingerprint density at radius 1 is 1.13 bits per heavy atom. The summed E-state index contributed by atoms with van der Waals surface area (Å²) in [7, 11) is 0. The molecule has 1 fully saturated rings. The van der Waals surface area contributed by atoms with Crippen LogP contribution in [0.25, 0.3) is 10.6 Å². The first-order valence-electron chi connectivity index (χ1n) is 10.6. The number of ketones is 1. The summed E-state index contributed by atoms with van der Waals surface area (Å²) >= 11 is 6.66. The molecule has 2 aliphatic heterocycles. The van der Waals surface area contributed by atoms with Gasteiger partial charge in [-0.2, -0.15) is 0 Å². The van der Waals surface area contributed by atoms with Gasteiger partial charge in [-0.1, -0.05) is 59.1 Å². The molecular weight excluding hydrogens is 480 g/mol. The predicted molar refractivity (Wildman–Crippen MR) is 126 cm³/mol. The van der Waals surface area contributed by atoms with Gasteiger partial charge < -0.3 is 0 Å². The Balaban J connectivity index is 1.52. The topological polar surface area (TPSA) is 52.0 Å². The van der Waals surface area contributed by atoms with Crippen LogP contribution in [0, 0.1) is 0 Å². The molecule has 0 bridgehead atoms. The van der Waals surface area contributed by atoms with E-state index in [1.54, 1.807) is 11.3 Å². The highest BCUT2D eigenvalue weighted by molar-refractivity contribution is 9.10. The van der Waals surface area contributed by atoms with Gasteiger partial charge in [0.15, 0.2) is 5.78 Å². The summed E-state index contributed by atoms with van der Waals surface area (Å²) in [5, 5.41) is 0.958. The zero-order valence-corrected chi connectivity index (χ0v) is 19.9. The molecule has 0 amide bonds. The van der Waals surface area contributed by atoms with Crippen LogP contribution in [0.1, 0.15) is 65.5 Å². The molecule has 30 heavy (non-hydrogen) atoms. The van der Waals surface area contributed by atoms with E-state index in [1.165, 1.54) is 23.1 Å². The Kier molecular flexibility index (Phi) is 5.86. The second-order valence-electron chi connectivity index (χ2n) is 8.11. The highest BCUT2D eigenvalue weighted by Crippen LogP contribution is 2.42. The molecule has 0 unspecified atom stereocenters. The number of benzene rings is 1. The number of thioether (sulfide) groups is 1. The maximum atomic E-state index is 13.4. The Morgan fingerprint density at radius 2 is 1.90 bits per heavy atom. The Hall–Kier alpha value is -1.44. The third-order valence-corrected chi connectivity index (χ3v) is 9.12. The summed E-state index contributed by atoms with van der Waals surface area (Å²) in [5.41, 5.74) is 2.47. The fourth-order valence-electron chi connectivity index (χ4n) is 4.55. The summed E-state index contributed by atoms with van der Waals surface area (Å²) in [6.07, 6.45) is 8.78. The van der Waals surface area contributed by atoms with Gasteiger partial charge >= 0.3 is 0 Å². The van der Waals surface area contributed by atoms with Crippen LogP contribution in [0.5, 0.6) is 0 Å². The number of carbonyl (C=O) groups excluding carboxylic acids is 1. The largest absolute Gasteiger partial charge is 0.297 e. The molecule has 0 aromatic heterocycles. The summed E-state index contributed by atoms with van der Waals surface area (Å²) in [5.74, 6) is 0.417. The summed E-state index contributed by atoms with van der Waals surface area (Å²) in [6, 6.07) is 7.71. The molecule has 156 valence electrons. The lowest BCUT2D eigenvalue weighted by molar-refractivity contribution is 0.102. The first kappa shape index (κ1) is 20.5. The number of aromatic nitrogens is 2. The van der Waals surface area contributed by atoms with Crippen molar-refractivity contribution in [3.05, 3.63) is 55.2 Å². The van der Waals surface area contributed by atoms with Gasteiger partial charge in [0.2, 0.25) is 0 Å². The van der Waals surface area contributed by atoms with Crippen molar-refractivity contribution in [3.8, 4) is 10.6 Å². The Labute approximate surface area is 192 Å². The first-order valence-corrected chi connectivity index (χ1v) is 13.2. The maximum absolute atomic E-state index is 13.4. The number of hydrogen-bond donors (Lipinski definition) is 0. The third-order valence-electron chi connectivity index (χ3n) is 6.11. The highest BCUT2D eigenvalue weighted by atomic mass is 79.9. The zero-order chi connectivity index (χ0) is 20.7. The smallest absolute Gasteiger partial charge is 0.279 e. The molecule has 2 aliphatic carbocycles. The normalized spacial score (nSPS) is 16.8. The van der Waals surface area contributed by atoms with Gasteiger partial charge in [0, 0.05) is 21.0 Å². The highest BCUT2D eigenvalue weighted by Gasteiger charge is 2.31. The second-order valence-corrected chi connectivity index (χ2v) is 11.1. The second kappa shape index (κ2) is 8.60. The van der Waals surface area contributed by atoms with E-state index < -0.39 is 0 Å². The van der Waals surface area contributed by atoms with E-state index in [0.29, 0.717) is 17.0 Å². The van der Waals surface area contributed by atoms with Crippen molar-refractivity contribution in [1.29, 1.82) is 0 Å². The molecule has 0 spiro atoms. The van der Waals surface area contributed by atoms with Gasteiger partial charge in [0.1, 0.15) is 5.69 Å². The van der Waals surface area contributed by atoms with Crippen LogP contribution in [-0.4, -0.2) is 21.1 Å². The van der Waals surface area contributed by atoms with Crippen LogP contribution < -0.4 is 5.56 Å². The molecule has 2 heterocycles. The molecule has 4 aliphatic rings. The van der Waals surface area contributed by atoms with Gasteiger partial charge in [0.05, 0.1) is 21.3 Å². The van der Waals surface area contributed by atoms with E-state index in [9.17, 15) is 9.59 Å². The van der Waals surface area contributed by atoms with Crippen molar-refractivity contribution in [2.24, 2.45) is 0 Å². The number of aryl methyl sites for hydroxylation is 2. The molecule has 0 atom stereocenters. The van der Waals surface area contributed by atoms with Crippen LogP contribution in [0.3, 0.4) is 0 Å². The van der Waals surface area contributed by atoms with Crippen LogP contribution in [0.15, 0.2) is 38.6 Å². The first-order chi connectivity index (χ1) is 14.6. The number of rotatable bonds is 5. The number of Topliss-reactive ketones (excluding diaryl/α,β-unsaturated/α-hetero) is 1. The number of carbonyl (C=O) groups is 1. The minimum absolute atomic E-state index is 0.0430. The molecule has 0 saturated heterocycles. The van der Waals surface area contributed by atoms with Crippen molar-refractivity contribution in [3.63, 3.8) is 0 Å². The van der Waals surface area contributed by atoms with Gasteiger partial charge in [0.25, 0.3) is 5.56 Å². The average molecular weight is 503 g/mol. The monoisotopic (exact) mass is 502 g/mol. The molecule has 4 nitrogen and oxygen atoms in total. The van der Waals surface area contributed by atoms with Crippen molar-refractivity contribution < 1.29 is 4.79 Å². The van der Waals surface area contributed by atoms with E-state index in [-0.39, 0.29) is 17.4 Å². The standard InChI is InChI=1S/C23H23BrN2O2S2/c24-15-11-9-14(10-12-15)18(27)13-29-23-21-20(25-17-7-4-8-19(17)30-21)22(28)26(23)16-5-2-1-3-6-16/h9-12,16H,1-8,13H2. The summed E-state index contributed by atoms with van der Waals surface area (Å²) in [6.45, 7) is 0. The van der Waals surface area contributed by atoms with E-state index in [4.69, 9.17) is 4.98 Å². The fourth-order valence-corrected chi connectivity index (χ4v) is 7.32. The van der Waals surface area contributed by atoms with E-state index in [1.807, 2.05) is 28.8 Å². The SMILES string of the molecule is O=C(CSc1c2sc3c(nc-2c(=O)n1C1CCCCC1)CCC3)c1ccc(Br)cc1. The number of halogens is 1. The van der Waals surface area contributed by atoms with Crippen LogP contribution in [0.2, 0.25) is 0 Å². The van der Waals surface area contributed by atoms with Gasteiger partial charge in [-0.3, -0.25) is 14.2 Å². The minimum Gasteiger partial charge on any atom is -0.297 e. The average Bonchev–Trinajstić information content (AvgIpc) is 3.33. The third kappa shape index (κ3) is 3.80. The van der Waals surface area contributed by atoms with Gasteiger partial charge in [-0.25, -0.2) is 4.98 Å². The number of nitrogens with zero attached hydrogens (tertiary/aromatic N) is 2. The van der Waals surface area contributed by atoms with Gasteiger partial charge in [-0.15, -0.1) is 11.3 Å². The van der Waals surface area contributed by atoms with Crippen molar-refractivity contribution in [1.82, 2.24) is 9.55 Å². The summed E-state index contributed by atoms with van der Waals surface area (Å²) < 4.78 is 2.95. The Bertz CT molecular complexity index is 1110. The molecule has 7 heteroatoms. The predicted octanol–water partition coefficient (Wildman–Crippen LogP) is 6.14. The van der Waals surface area contributed by atoms with E-state index >= 15 is 0 Å². The molecule has 0 radical (unpaired) electrons. The van der Waals surface area contributed by atoms with Crippen molar-refractivity contribution >= 4 is 44.8 Å². The van der Waals surface area contributed by atoms with Crippen LogP contribution >= 0.6 is 39.0 Å². The molecule has 1 saturated carbocycles. The molecular formula is C23H23BrN2O2S2. The summed E-state index contributed by atoms with van der Waals surface area (Å²) in [4.78, 5) is 33.3. The zero-order valence-electron chi connectivity index (χ0n) is 16.7. The molecule has 0 N–H and O–H groups in total. The lowest BCUT2D eigenvalue weighted by Crippen LogP contribution is -2.24. The van der Waals surface area contributed by atoms with Crippen molar-refractivity contribution in [2.45, 2.75) is 62.4 Å². The lowest BCUT2D eigenvalue weighted by Gasteiger charge is -2.24. The van der Waals surface area contributed by atoms with Crippen LogP contribution in [0.4, 0.5) is 0 Å². The quantitative estimate of drug-likeness (QED) is 0.310. The van der Waals surface area contributed by atoms with Gasteiger partial charge in [-0.05, 0) is 44.2 Å². The number of fused-ring (bicyclic) bond motifs is 2. The van der Waals surface area contributed by atoms with Crippen molar-refractivity contribution in [2.75, 3.05) is 5.75 Å². The molecule has 1 aromatic rings. The number of hydrogen-bond acceptors (Lipinski definition) is 5. The maximum Gasteiger partial charge on any atom is 0.279 e. The molecule has 5 rings (SSSR count). The minimum atomic E-state index is 0.0430. The Morgan fingerprint density at radius 3 is 2.67 bits per heavy atom. The molecule has 1 aromatic carbocycles.